The maximum Gasteiger partial charge on any atom is 0.242 e. The number of carbonyl (C=O) groups is 1. The van der Waals surface area contributed by atoms with Gasteiger partial charge in [-0.05, 0) is 64.2 Å². The second-order valence-electron chi connectivity index (χ2n) is 9.53. The number of piperidine rings is 1. The molecule has 1 amide bonds. The number of amides is 1. The van der Waals surface area contributed by atoms with Gasteiger partial charge in [-0.25, -0.2) is 9.97 Å². The van der Waals surface area contributed by atoms with Gasteiger partial charge in [-0.1, -0.05) is 11.6 Å². The van der Waals surface area contributed by atoms with Crippen LogP contribution in [0, 0.1) is 0 Å². The summed E-state index contributed by atoms with van der Waals surface area (Å²) >= 11 is 6.54. The molecule has 5 rings (SSSR count). The number of imidazole rings is 1. The zero-order chi connectivity index (χ0) is 25.1. The number of ether oxygens (including phenoxy) is 1. The van der Waals surface area contributed by atoms with Gasteiger partial charge in [-0.3, -0.25) is 4.79 Å². The number of anilines is 2. The first-order chi connectivity index (χ1) is 17.5. The van der Waals surface area contributed by atoms with E-state index in [1.54, 1.807) is 6.20 Å². The van der Waals surface area contributed by atoms with Crippen LogP contribution in [-0.4, -0.2) is 96.2 Å². The summed E-state index contributed by atoms with van der Waals surface area (Å²) in [6, 6.07) is 8.52. The topological polar surface area (TPSA) is 89.6 Å². The van der Waals surface area contributed by atoms with Gasteiger partial charge >= 0.3 is 0 Å². The van der Waals surface area contributed by atoms with Crippen LogP contribution in [0.4, 0.5) is 11.4 Å². The standard InChI is InChI=1S/C26H34ClN7O2/c1-3-36-15-14-33-12-13-34(17-22(33)35)20-6-4-18(5-7-20)25-30-24-23(21(27)16-28-26(24)31-25)29-19-8-10-32(2)11-9-19/h4-7,16,19H,3,8-15,17H2,1-2H3,(H2,28,29,30,31). The molecular weight excluding hydrogens is 478 g/mol. The number of carbonyl (C=O) groups excluding carboxylic acids is 1. The predicted molar refractivity (Wildman–Crippen MR) is 144 cm³/mol. The SMILES string of the molecule is CCOCCN1CCN(c2ccc(-c3nc4c(NC5CCN(C)CC5)c(Cl)cnc4[nH]3)cc2)CC1=O. The summed E-state index contributed by atoms with van der Waals surface area (Å²) < 4.78 is 5.39. The zero-order valence-electron chi connectivity index (χ0n) is 21.0. The molecule has 2 N–H and O–H groups in total. The van der Waals surface area contributed by atoms with Crippen LogP contribution in [0.5, 0.6) is 0 Å². The molecule has 10 heteroatoms. The van der Waals surface area contributed by atoms with E-state index in [1.807, 2.05) is 36.1 Å². The Morgan fingerprint density at radius 2 is 1.94 bits per heavy atom. The maximum absolute atomic E-state index is 12.6. The summed E-state index contributed by atoms with van der Waals surface area (Å²) in [4.78, 5) is 31.6. The lowest BCUT2D eigenvalue weighted by Gasteiger charge is -2.35. The molecule has 2 aliphatic heterocycles. The van der Waals surface area contributed by atoms with Gasteiger partial charge in [0.2, 0.25) is 5.91 Å². The van der Waals surface area contributed by atoms with E-state index in [0.29, 0.717) is 49.6 Å². The van der Waals surface area contributed by atoms with Crippen LogP contribution in [-0.2, 0) is 9.53 Å². The van der Waals surface area contributed by atoms with Gasteiger partial charge < -0.3 is 29.7 Å². The molecule has 2 fully saturated rings. The van der Waals surface area contributed by atoms with E-state index in [1.165, 1.54) is 0 Å². The van der Waals surface area contributed by atoms with Crippen molar-refractivity contribution >= 4 is 40.0 Å². The molecule has 192 valence electrons. The largest absolute Gasteiger partial charge is 0.380 e. The fraction of sp³-hybridized carbons (Fsp3) is 0.500. The molecule has 3 aromatic rings. The molecule has 4 heterocycles. The van der Waals surface area contributed by atoms with E-state index in [0.717, 1.165) is 60.8 Å². The summed E-state index contributed by atoms with van der Waals surface area (Å²) in [5.74, 6) is 0.879. The van der Waals surface area contributed by atoms with E-state index in [4.69, 9.17) is 21.3 Å². The number of likely N-dealkylation sites (tertiary alicyclic amines) is 1. The van der Waals surface area contributed by atoms with Crippen LogP contribution in [0.3, 0.4) is 0 Å². The number of pyridine rings is 1. The van der Waals surface area contributed by atoms with Crippen molar-refractivity contribution in [3.63, 3.8) is 0 Å². The molecule has 2 aromatic heterocycles. The van der Waals surface area contributed by atoms with E-state index in [-0.39, 0.29) is 5.91 Å². The number of piperazine rings is 1. The number of hydrogen-bond acceptors (Lipinski definition) is 7. The van der Waals surface area contributed by atoms with Crippen LogP contribution in [0.2, 0.25) is 5.02 Å². The smallest absolute Gasteiger partial charge is 0.242 e. The molecule has 0 bridgehead atoms. The minimum atomic E-state index is 0.134. The zero-order valence-corrected chi connectivity index (χ0v) is 21.7. The summed E-state index contributed by atoms with van der Waals surface area (Å²) in [6.07, 6.45) is 3.81. The molecule has 0 spiro atoms. The molecule has 0 aliphatic carbocycles. The Hall–Kier alpha value is -2.88. The number of fused-ring (bicyclic) bond motifs is 1. The lowest BCUT2D eigenvalue weighted by molar-refractivity contribution is -0.131. The van der Waals surface area contributed by atoms with Gasteiger partial charge in [-0.2, -0.15) is 0 Å². The van der Waals surface area contributed by atoms with Crippen LogP contribution in [0.1, 0.15) is 19.8 Å². The third-order valence-electron chi connectivity index (χ3n) is 7.07. The maximum atomic E-state index is 12.6. The highest BCUT2D eigenvalue weighted by Gasteiger charge is 2.24. The molecule has 0 saturated carbocycles. The number of hydrogen-bond donors (Lipinski definition) is 2. The van der Waals surface area contributed by atoms with Crippen LogP contribution < -0.4 is 10.2 Å². The number of benzene rings is 1. The Labute approximate surface area is 216 Å². The third-order valence-corrected chi connectivity index (χ3v) is 7.36. The summed E-state index contributed by atoms with van der Waals surface area (Å²) in [6.45, 7) is 7.89. The van der Waals surface area contributed by atoms with Gasteiger partial charge in [0.15, 0.2) is 5.65 Å². The fourth-order valence-corrected chi connectivity index (χ4v) is 5.07. The van der Waals surface area contributed by atoms with Crippen molar-refractivity contribution in [3.05, 3.63) is 35.5 Å². The fourth-order valence-electron chi connectivity index (χ4n) is 4.88. The number of H-pyrrole nitrogens is 1. The first kappa shape index (κ1) is 24.8. The summed E-state index contributed by atoms with van der Waals surface area (Å²) in [7, 11) is 2.15. The summed E-state index contributed by atoms with van der Waals surface area (Å²) in [5.41, 5.74) is 4.30. The summed E-state index contributed by atoms with van der Waals surface area (Å²) in [5, 5.41) is 4.20. The lowest BCUT2D eigenvalue weighted by Crippen LogP contribution is -2.51. The van der Waals surface area contributed by atoms with Crippen LogP contribution in [0.15, 0.2) is 30.5 Å². The Morgan fingerprint density at radius 1 is 1.17 bits per heavy atom. The monoisotopic (exact) mass is 511 g/mol. The van der Waals surface area contributed by atoms with Crippen LogP contribution >= 0.6 is 11.6 Å². The molecular formula is C26H34ClN7O2. The van der Waals surface area contributed by atoms with Crippen molar-refractivity contribution in [1.82, 2.24) is 24.8 Å². The first-order valence-corrected chi connectivity index (χ1v) is 13.1. The third kappa shape index (κ3) is 5.43. The second-order valence-corrected chi connectivity index (χ2v) is 9.94. The quantitative estimate of drug-likeness (QED) is 0.447. The molecule has 0 unspecified atom stereocenters. The van der Waals surface area contributed by atoms with Crippen molar-refractivity contribution in [2.75, 3.05) is 69.7 Å². The normalized spacial score (nSPS) is 17.8. The number of aromatic amines is 1. The molecule has 2 saturated heterocycles. The highest BCUT2D eigenvalue weighted by molar-refractivity contribution is 6.34. The van der Waals surface area contributed by atoms with Gasteiger partial charge in [0, 0.05) is 43.5 Å². The van der Waals surface area contributed by atoms with E-state index < -0.39 is 0 Å². The highest BCUT2D eigenvalue weighted by Crippen LogP contribution is 2.32. The van der Waals surface area contributed by atoms with Crippen molar-refractivity contribution in [1.29, 1.82) is 0 Å². The Morgan fingerprint density at radius 3 is 2.67 bits per heavy atom. The number of aromatic nitrogens is 3. The van der Waals surface area contributed by atoms with Crippen molar-refractivity contribution < 1.29 is 9.53 Å². The second kappa shape index (κ2) is 11.0. The molecule has 0 atom stereocenters. The van der Waals surface area contributed by atoms with Gasteiger partial charge in [-0.15, -0.1) is 0 Å². The average molecular weight is 512 g/mol. The van der Waals surface area contributed by atoms with Crippen molar-refractivity contribution in [2.45, 2.75) is 25.8 Å². The minimum Gasteiger partial charge on any atom is -0.380 e. The Kier molecular flexibility index (Phi) is 7.59. The molecule has 36 heavy (non-hydrogen) atoms. The predicted octanol–water partition coefficient (Wildman–Crippen LogP) is 3.47. The average Bonchev–Trinajstić information content (AvgIpc) is 3.33. The first-order valence-electron chi connectivity index (χ1n) is 12.7. The van der Waals surface area contributed by atoms with Crippen molar-refractivity contribution in [3.8, 4) is 11.4 Å². The Balaban J connectivity index is 1.29. The van der Waals surface area contributed by atoms with E-state index >= 15 is 0 Å². The minimum absolute atomic E-state index is 0.134. The van der Waals surface area contributed by atoms with Gasteiger partial charge in [0.1, 0.15) is 11.3 Å². The van der Waals surface area contributed by atoms with Gasteiger partial charge in [0.25, 0.3) is 0 Å². The van der Waals surface area contributed by atoms with Crippen LogP contribution in [0.25, 0.3) is 22.6 Å². The van der Waals surface area contributed by atoms with Gasteiger partial charge in [0.05, 0.1) is 30.1 Å². The number of nitrogens with one attached hydrogen (secondary N) is 2. The molecule has 1 aromatic carbocycles. The van der Waals surface area contributed by atoms with Crippen molar-refractivity contribution in [2.24, 2.45) is 0 Å². The Bertz CT molecular complexity index is 1190. The lowest BCUT2D eigenvalue weighted by atomic mass is 10.1. The molecule has 0 radical (unpaired) electrons. The van der Waals surface area contributed by atoms with E-state index in [2.05, 4.69) is 32.1 Å². The molecule has 2 aliphatic rings. The van der Waals surface area contributed by atoms with E-state index in [9.17, 15) is 4.79 Å². The molecule has 9 nitrogen and oxygen atoms in total. The number of rotatable bonds is 8. The highest BCUT2D eigenvalue weighted by atomic mass is 35.5. The number of halogens is 1. The number of nitrogens with zero attached hydrogens (tertiary/aromatic N) is 5.